The summed E-state index contributed by atoms with van der Waals surface area (Å²) in [6.45, 7) is 1.68. The number of hydrogen-bond acceptors (Lipinski definition) is 3. The lowest BCUT2D eigenvalue weighted by atomic mass is 10.1. The lowest BCUT2D eigenvalue weighted by molar-refractivity contribution is 0.0764. The van der Waals surface area contributed by atoms with Crippen LogP contribution in [0.3, 0.4) is 0 Å². The van der Waals surface area contributed by atoms with Crippen molar-refractivity contribution < 1.29 is 19.4 Å². The predicted molar refractivity (Wildman–Crippen MR) is 73.6 cm³/mol. The van der Waals surface area contributed by atoms with Gasteiger partial charge in [0.15, 0.2) is 0 Å². The molecule has 0 aromatic heterocycles. The highest BCUT2D eigenvalue weighted by molar-refractivity contribution is 5.94. The van der Waals surface area contributed by atoms with Crippen LogP contribution in [0.4, 0.5) is 4.39 Å². The van der Waals surface area contributed by atoms with E-state index < -0.39 is 17.8 Å². The summed E-state index contributed by atoms with van der Waals surface area (Å²) >= 11 is 0. The highest BCUT2D eigenvalue weighted by atomic mass is 19.1. The van der Waals surface area contributed by atoms with Gasteiger partial charge >= 0.3 is 0 Å². The zero-order valence-electron chi connectivity index (χ0n) is 11.6. The molecular formula is C15H18FNO3. The molecule has 0 bridgehead atoms. The second kappa shape index (κ2) is 7.63. The number of nitrogens with zero attached hydrogens (tertiary/aromatic N) is 1. The molecule has 0 aliphatic carbocycles. The van der Waals surface area contributed by atoms with Crippen molar-refractivity contribution in [3.63, 3.8) is 0 Å². The largest absolute Gasteiger partial charge is 0.393 e. The van der Waals surface area contributed by atoms with E-state index in [1.807, 2.05) is 0 Å². The first-order valence-corrected chi connectivity index (χ1v) is 6.28. The van der Waals surface area contributed by atoms with E-state index >= 15 is 0 Å². The first kappa shape index (κ1) is 16.2. The average Bonchev–Trinajstić information content (AvgIpc) is 2.41. The maximum absolute atomic E-state index is 13.9. The second-order valence-electron chi connectivity index (χ2n) is 4.52. The van der Waals surface area contributed by atoms with Gasteiger partial charge in [0.1, 0.15) is 12.4 Å². The van der Waals surface area contributed by atoms with Gasteiger partial charge in [-0.1, -0.05) is 11.8 Å². The van der Waals surface area contributed by atoms with E-state index in [0.717, 1.165) is 0 Å². The highest BCUT2D eigenvalue weighted by Gasteiger charge is 2.16. The number of hydrogen-bond donors (Lipinski definition) is 2. The van der Waals surface area contributed by atoms with E-state index in [0.29, 0.717) is 18.5 Å². The molecule has 1 amide bonds. The van der Waals surface area contributed by atoms with E-state index in [1.165, 1.54) is 23.1 Å². The van der Waals surface area contributed by atoms with Crippen LogP contribution < -0.4 is 0 Å². The highest BCUT2D eigenvalue weighted by Crippen LogP contribution is 2.12. The molecule has 0 saturated heterocycles. The van der Waals surface area contributed by atoms with E-state index in [1.54, 1.807) is 14.0 Å². The van der Waals surface area contributed by atoms with Crippen LogP contribution >= 0.6 is 0 Å². The zero-order chi connectivity index (χ0) is 15.1. The Balaban J connectivity index is 2.83. The number of carbonyl (C=O) groups is 1. The molecule has 2 N–H and O–H groups in total. The Labute approximate surface area is 117 Å². The third-order valence-electron chi connectivity index (χ3n) is 2.74. The Kier molecular flexibility index (Phi) is 6.16. The fourth-order valence-corrected chi connectivity index (χ4v) is 1.60. The molecule has 0 saturated carbocycles. The SMILES string of the molecule is CC(O)CCN(C)C(=O)c1ccc(C#CCO)cc1F. The monoisotopic (exact) mass is 279 g/mol. The van der Waals surface area contributed by atoms with Crippen LogP contribution in [0.15, 0.2) is 18.2 Å². The number of aliphatic hydroxyl groups is 2. The van der Waals surface area contributed by atoms with Crippen LogP contribution in [-0.4, -0.2) is 47.3 Å². The quantitative estimate of drug-likeness (QED) is 0.809. The minimum Gasteiger partial charge on any atom is -0.393 e. The van der Waals surface area contributed by atoms with Gasteiger partial charge in [-0.15, -0.1) is 0 Å². The molecule has 4 nitrogen and oxygen atoms in total. The molecule has 1 unspecified atom stereocenters. The van der Waals surface area contributed by atoms with Gasteiger partial charge in [0.05, 0.1) is 11.7 Å². The summed E-state index contributed by atoms with van der Waals surface area (Å²) < 4.78 is 13.9. The number of amides is 1. The van der Waals surface area contributed by atoms with Gasteiger partial charge < -0.3 is 15.1 Å². The number of rotatable bonds is 4. The molecule has 1 atom stereocenters. The number of halogens is 1. The third kappa shape index (κ3) is 4.65. The smallest absolute Gasteiger partial charge is 0.256 e. The van der Waals surface area contributed by atoms with Crippen LogP contribution in [0.1, 0.15) is 29.3 Å². The summed E-state index contributed by atoms with van der Waals surface area (Å²) in [5.41, 5.74) is 0.368. The van der Waals surface area contributed by atoms with Gasteiger partial charge in [-0.2, -0.15) is 0 Å². The topological polar surface area (TPSA) is 60.8 Å². The second-order valence-corrected chi connectivity index (χ2v) is 4.52. The van der Waals surface area contributed by atoms with Crippen molar-refractivity contribution >= 4 is 5.91 Å². The van der Waals surface area contributed by atoms with Gasteiger partial charge in [0.2, 0.25) is 0 Å². The first-order chi connectivity index (χ1) is 9.45. The Morgan fingerprint density at radius 3 is 2.75 bits per heavy atom. The molecule has 1 rings (SSSR count). The summed E-state index contributed by atoms with van der Waals surface area (Å²) in [5, 5.41) is 17.7. The number of carbonyl (C=O) groups excluding carboxylic acids is 1. The minimum absolute atomic E-state index is 0.0346. The molecule has 1 aromatic rings. The van der Waals surface area contributed by atoms with Crippen molar-refractivity contribution in [2.75, 3.05) is 20.2 Å². The molecule has 108 valence electrons. The van der Waals surface area contributed by atoms with Crippen LogP contribution in [0.2, 0.25) is 0 Å². The minimum atomic E-state index is -0.649. The summed E-state index contributed by atoms with van der Waals surface area (Å²) in [6.07, 6.45) is -0.0737. The lowest BCUT2D eigenvalue weighted by Crippen LogP contribution is -2.30. The molecule has 5 heteroatoms. The fourth-order valence-electron chi connectivity index (χ4n) is 1.60. The molecule has 0 fully saturated rings. The maximum Gasteiger partial charge on any atom is 0.256 e. The molecule has 0 radical (unpaired) electrons. The number of benzene rings is 1. The van der Waals surface area contributed by atoms with Crippen molar-refractivity contribution in [3.05, 3.63) is 35.1 Å². The van der Waals surface area contributed by atoms with Crippen molar-refractivity contribution in [1.29, 1.82) is 0 Å². The fraction of sp³-hybridized carbons (Fsp3) is 0.400. The molecule has 0 aliphatic rings. The maximum atomic E-state index is 13.9. The van der Waals surface area contributed by atoms with Crippen LogP contribution in [0.5, 0.6) is 0 Å². The molecule has 20 heavy (non-hydrogen) atoms. The van der Waals surface area contributed by atoms with E-state index in [9.17, 15) is 14.3 Å². The van der Waals surface area contributed by atoms with E-state index in [4.69, 9.17) is 5.11 Å². The molecular weight excluding hydrogens is 261 g/mol. The lowest BCUT2D eigenvalue weighted by Gasteiger charge is -2.18. The van der Waals surface area contributed by atoms with E-state index in [-0.39, 0.29) is 12.2 Å². The van der Waals surface area contributed by atoms with Crippen LogP contribution in [-0.2, 0) is 0 Å². The summed E-state index contributed by atoms with van der Waals surface area (Å²) in [7, 11) is 1.56. The van der Waals surface area contributed by atoms with E-state index in [2.05, 4.69) is 11.8 Å². The Bertz CT molecular complexity index is 532. The molecule has 0 heterocycles. The van der Waals surface area contributed by atoms with Gasteiger partial charge in [-0.05, 0) is 31.5 Å². The van der Waals surface area contributed by atoms with Gasteiger partial charge in [0, 0.05) is 19.2 Å². The van der Waals surface area contributed by atoms with Gasteiger partial charge in [-0.3, -0.25) is 4.79 Å². The van der Waals surface area contributed by atoms with Crippen molar-refractivity contribution in [2.24, 2.45) is 0 Å². The van der Waals surface area contributed by atoms with Gasteiger partial charge in [-0.25, -0.2) is 4.39 Å². The number of aliphatic hydroxyl groups excluding tert-OH is 2. The normalized spacial score (nSPS) is 11.4. The zero-order valence-corrected chi connectivity index (χ0v) is 11.6. The first-order valence-electron chi connectivity index (χ1n) is 6.28. The molecule has 1 aromatic carbocycles. The summed E-state index contributed by atoms with van der Waals surface area (Å²) in [5.74, 6) is 3.89. The summed E-state index contributed by atoms with van der Waals surface area (Å²) in [6, 6.07) is 4.07. The van der Waals surface area contributed by atoms with Crippen LogP contribution in [0, 0.1) is 17.7 Å². The molecule has 0 spiro atoms. The third-order valence-corrected chi connectivity index (χ3v) is 2.74. The van der Waals surface area contributed by atoms with Crippen molar-refractivity contribution in [3.8, 4) is 11.8 Å². The summed E-state index contributed by atoms with van der Waals surface area (Å²) in [4.78, 5) is 13.4. The van der Waals surface area contributed by atoms with Crippen molar-refractivity contribution in [2.45, 2.75) is 19.4 Å². The average molecular weight is 279 g/mol. The predicted octanol–water partition coefficient (Wildman–Crippen LogP) is 1.01. The van der Waals surface area contributed by atoms with Crippen molar-refractivity contribution in [1.82, 2.24) is 4.90 Å². The Morgan fingerprint density at radius 2 is 2.20 bits per heavy atom. The Morgan fingerprint density at radius 1 is 1.50 bits per heavy atom. The van der Waals surface area contributed by atoms with Crippen LogP contribution in [0.25, 0.3) is 0 Å². The Hall–Kier alpha value is -1.90. The standard InChI is InChI=1S/C15H18FNO3/c1-11(19)7-8-17(2)15(20)13-6-5-12(4-3-9-18)10-14(13)16/h5-6,10-11,18-19H,7-9H2,1-2H3. The molecule has 0 aliphatic heterocycles. The van der Waals surface area contributed by atoms with Gasteiger partial charge in [0.25, 0.3) is 5.91 Å².